The molecule has 0 fully saturated rings. The van der Waals surface area contributed by atoms with Gasteiger partial charge in [-0.3, -0.25) is 5.10 Å². The molecule has 0 aliphatic carbocycles. The summed E-state index contributed by atoms with van der Waals surface area (Å²) in [4.78, 5) is 4.21. The van der Waals surface area contributed by atoms with Gasteiger partial charge >= 0.3 is 0 Å². The quantitative estimate of drug-likeness (QED) is 0.790. The molecule has 0 saturated heterocycles. The third-order valence-corrected chi connectivity index (χ3v) is 1.95. The third-order valence-electron chi connectivity index (χ3n) is 1.95. The summed E-state index contributed by atoms with van der Waals surface area (Å²) < 4.78 is 12.9. The van der Waals surface area contributed by atoms with Crippen molar-refractivity contribution in [1.82, 2.24) is 15.2 Å². The molecule has 0 amide bonds. The van der Waals surface area contributed by atoms with E-state index < -0.39 is 0 Å². The van der Waals surface area contributed by atoms with E-state index in [-0.39, 0.29) is 5.82 Å². The van der Waals surface area contributed by atoms with Gasteiger partial charge in [-0.05, 0) is 12.1 Å². The van der Waals surface area contributed by atoms with Crippen molar-refractivity contribution in [1.29, 1.82) is 0 Å². The Labute approximate surface area is 81.0 Å². The number of H-pyrrole nitrogens is 1. The van der Waals surface area contributed by atoms with Crippen molar-refractivity contribution in [3.8, 4) is 11.4 Å². The van der Waals surface area contributed by atoms with Gasteiger partial charge in [0.05, 0.1) is 0 Å². The van der Waals surface area contributed by atoms with Gasteiger partial charge in [0.2, 0.25) is 0 Å². The van der Waals surface area contributed by atoms with Gasteiger partial charge in [0, 0.05) is 12.0 Å². The topological polar surface area (TPSA) is 41.6 Å². The average molecular weight is 191 g/mol. The molecule has 0 saturated carbocycles. The SMILES string of the molecule is CCc1nc(-c2cccc(F)c2)n[nH]1. The molecule has 2 rings (SSSR count). The second kappa shape index (κ2) is 3.57. The zero-order valence-electron chi connectivity index (χ0n) is 7.79. The molecule has 0 unspecified atom stereocenters. The Kier molecular flexibility index (Phi) is 2.26. The molecule has 1 aromatic heterocycles. The Hall–Kier alpha value is -1.71. The maximum absolute atomic E-state index is 12.9. The van der Waals surface area contributed by atoms with Gasteiger partial charge in [-0.1, -0.05) is 19.1 Å². The summed E-state index contributed by atoms with van der Waals surface area (Å²) in [5.74, 6) is 1.08. The van der Waals surface area contributed by atoms with Crippen LogP contribution in [0.1, 0.15) is 12.7 Å². The molecule has 1 N–H and O–H groups in total. The summed E-state index contributed by atoms with van der Waals surface area (Å²) in [5, 5.41) is 6.79. The van der Waals surface area contributed by atoms with Crippen molar-refractivity contribution in [2.24, 2.45) is 0 Å². The van der Waals surface area contributed by atoms with Gasteiger partial charge in [0.25, 0.3) is 0 Å². The predicted octanol–water partition coefficient (Wildman–Crippen LogP) is 2.17. The molecule has 3 nitrogen and oxygen atoms in total. The van der Waals surface area contributed by atoms with Crippen LogP contribution in [0, 0.1) is 5.82 Å². The fourth-order valence-corrected chi connectivity index (χ4v) is 1.21. The number of aryl methyl sites for hydroxylation is 1. The molecule has 1 heterocycles. The lowest BCUT2D eigenvalue weighted by atomic mass is 10.2. The van der Waals surface area contributed by atoms with Crippen LogP contribution in [-0.4, -0.2) is 15.2 Å². The van der Waals surface area contributed by atoms with Crippen LogP contribution in [0.25, 0.3) is 11.4 Å². The van der Waals surface area contributed by atoms with Gasteiger partial charge < -0.3 is 0 Å². The molecule has 14 heavy (non-hydrogen) atoms. The number of benzene rings is 1. The van der Waals surface area contributed by atoms with E-state index in [9.17, 15) is 4.39 Å². The van der Waals surface area contributed by atoms with Gasteiger partial charge in [-0.15, -0.1) is 0 Å². The Morgan fingerprint density at radius 3 is 2.93 bits per heavy atom. The number of nitrogens with one attached hydrogen (secondary N) is 1. The molecular formula is C10H10FN3. The highest BCUT2D eigenvalue weighted by atomic mass is 19.1. The number of aromatic amines is 1. The highest BCUT2D eigenvalue weighted by Crippen LogP contribution is 2.15. The lowest BCUT2D eigenvalue weighted by molar-refractivity contribution is 0.628. The zero-order chi connectivity index (χ0) is 9.97. The summed E-state index contributed by atoms with van der Waals surface area (Å²) in [5.41, 5.74) is 0.695. The molecule has 2 aromatic rings. The van der Waals surface area contributed by atoms with Crippen LogP contribution in [-0.2, 0) is 6.42 Å². The van der Waals surface area contributed by atoms with Crippen molar-refractivity contribution in [3.63, 3.8) is 0 Å². The standard InChI is InChI=1S/C10H10FN3/c1-2-9-12-10(14-13-9)7-4-3-5-8(11)6-7/h3-6H,2H2,1H3,(H,12,13,14). The first-order valence-corrected chi connectivity index (χ1v) is 4.47. The fraction of sp³-hybridized carbons (Fsp3) is 0.200. The molecule has 4 heteroatoms. The number of hydrogen-bond donors (Lipinski definition) is 1. The predicted molar refractivity (Wildman–Crippen MR) is 51.2 cm³/mol. The maximum atomic E-state index is 12.9. The number of halogens is 1. The molecule has 72 valence electrons. The number of hydrogen-bond acceptors (Lipinski definition) is 2. The molecule has 0 spiro atoms. The van der Waals surface area contributed by atoms with E-state index in [1.54, 1.807) is 12.1 Å². The minimum Gasteiger partial charge on any atom is -0.263 e. The van der Waals surface area contributed by atoms with E-state index >= 15 is 0 Å². The fourth-order valence-electron chi connectivity index (χ4n) is 1.21. The van der Waals surface area contributed by atoms with Crippen molar-refractivity contribution in [2.75, 3.05) is 0 Å². The van der Waals surface area contributed by atoms with Crippen LogP contribution in [0.15, 0.2) is 24.3 Å². The normalized spacial score (nSPS) is 10.4. The van der Waals surface area contributed by atoms with Gasteiger partial charge in [-0.2, -0.15) is 5.10 Å². The first-order chi connectivity index (χ1) is 6.79. The Morgan fingerprint density at radius 2 is 2.29 bits per heavy atom. The molecule has 0 aliphatic rings. The van der Waals surface area contributed by atoms with Gasteiger partial charge in [-0.25, -0.2) is 9.37 Å². The van der Waals surface area contributed by atoms with Gasteiger partial charge in [0.1, 0.15) is 11.6 Å². The highest BCUT2D eigenvalue weighted by molar-refractivity contribution is 5.54. The lowest BCUT2D eigenvalue weighted by Crippen LogP contribution is -1.83. The second-order valence-corrected chi connectivity index (χ2v) is 2.97. The maximum Gasteiger partial charge on any atom is 0.181 e. The summed E-state index contributed by atoms with van der Waals surface area (Å²) in [6, 6.07) is 6.25. The zero-order valence-corrected chi connectivity index (χ0v) is 7.79. The minimum atomic E-state index is -0.273. The summed E-state index contributed by atoms with van der Waals surface area (Å²) >= 11 is 0. The summed E-state index contributed by atoms with van der Waals surface area (Å²) in [6.45, 7) is 1.98. The van der Waals surface area contributed by atoms with E-state index in [1.165, 1.54) is 12.1 Å². The molecule has 0 radical (unpaired) electrons. The number of nitrogens with zero attached hydrogens (tertiary/aromatic N) is 2. The van der Waals surface area contributed by atoms with E-state index in [2.05, 4.69) is 15.2 Å². The van der Waals surface area contributed by atoms with Crippen LogP contribution in [0.2, 0.25) is 0 Å². The smallest absolute Gasteiger partial charge is 0.181 e. The third kappa shape index (κ3) is 1.64. The monoisotopic (exact) mass is 191 g/mol. The number of rotatable bonds is 2. The largest absolute Gasteiger partial charge is 0.263 e. The number of aromatic nitrogens is 3. The average Bonchev–Trinajstić information content (AvgIpc) is 2.66. The van der Waals surface area contributed by atoms with Crippen molar-refractivity contribution in [2.45, 2.75) is 13.3 Å². The molecule has 0 bridgehead atoms. The van der Waals surface area contributed by atoms with E-state index in [4.69, 9.17) is 0 Å². The second-order valence-electron chi connectivity index (χ2n) is 2.97. The Bertz CT molecular complexity index is 436. The Morgan fingerprint density at radius 1 is 1.43 bits per heavy atom. The minimum absolute atomic E-state index is 0.273. The summed E-state index contributed by atoms with van der Waals surface area (Å²) in [7, 11) is 0. The van der Waals surface area contributed by atoms with Crippen LogP contribution in [0.5, 0.6) is 0 Å². The van der Waals surface area contributed by atoms with Crippen molar-refractivity contribution >= 4 is 0 Å². The highest BCUT2D eigenvalue weighted by Gasteiger charge is 2.04. The molecule has 0 atom stereocenters. The van der Waals surface area contributed by atoms with Gasteiger partial charge in [0.15, 0.2) is 5.82 Å². The lowest BCUT2D eigenvalue weighted by Gasteiger charge is -1.93. The molecule has 0 aliphatic heterocycles. The van der Waals surface area contributed by atoms with Crippen molar-refractivity contribution in [3.05, 3.63) is 35.9 Å². The van der Waals surface area contributed by atoms with E-state index in [0.29, 0.717) is 11.4 Å². The van der Waals surface area contributed by atoms with Crippen LogP contribution >= 0.6 is 0 Å². The summed E-state index contributed by atoms with van der Waals surface area (Å²) in [6.07, 6.45) is 0.794. The van der Waals surface area contributed by atoms with Crippen molar-refractivity contribution < 1.29 is 4.39 Å². The first kappa shape index (κ1) is 8.87. The molecule has 1 aromatic carbocycles. The van der Waals surface area contributed by atoms with Crippen LogP contribution < -0.4 is 0 Å². The van der Waals surface area contributed by atoms with E-state index in [1.807, 2.05) is 6.92 Å². The molecular weight excluding hydrogens is 181 g/mol. The first-order valence-electron chi connectivity index (χ1n) is 4.47. The van der Waals surface area contributed by atoms with E-state index in [0.717, 1.165) is 12.2 Å². The Balaban J connectivity index is 2.39. The van der Waals surface area contributed by atoms with Crippen LogP contribution in [0.4, 0.5) is 4.39 Å². The van der Waals surface area contributed by atoms with Crippen LogP contribution in [0.3, 0.4) is 0 Å².